The highest BCUT2D eigenvalue weighted by molar-refractivity contribution is 5.75. The Morgan fingerprint density at radius 3 is 3.00 bits per heavy atom. The van der Waals surface area contributed by atoms with Gasteiger partial charge in [0.2, 0.25) is 0 Å². The number of methoxy groups -OCH3 is 1. The molecular weight excluding hydrogens is 130 g/mol. The zero-order valence-corrected chi connectivity index (χ0v) is 5.57. The number of aromatic nitrogens is 1. The number of hydrogen-bond acceptors (Lipinski definition) is 3. The van der Waals surface area contributed by atoms with Crippen molar-refractivity contribution in [2.75, 3.05) is 7.11 Å². The van der Waals surface area contributed by atoms with Gasteiger partial charge < -0.3 is 4.74 Å². The molecule has 0 bridgehead atoms. The summed E-state index contributed by atoms with van der Waals surface area (Å²) in [5, 5.41) is 0. The zero-order valence-electron chi connectivity index (χ0n) is 5.57. The second-order valence-corrected chi connectivity index (χ2v) is 1.71. The monoisotopic (exact) mass is 137 g/mol. The number of pyridine rings is 1. The van der Waals surface area contributed by atoms with Gasteiger partial charge >= 0.3 is 0 Å². The summed E-state index contributed by atoms with van der Waals surface area (Å²) < 4.78 is 4.84. The molecule has 0 unspecified atom stereocenters. The molecule has 0 aromatic carbocycles. The van der Waals surface area contributed by atoms with Crippen LogP contribution in [-0.2, 0) is 0 Å². The Balaban J connectivity index is 3.08. The van der Waals surface area contributed by atoms with Gasteiger partial charge in [-0.05, 0) is 12.1 Å². The Bertz CT molecular complexity index is 235. The summed E-state index contributed by atoms with van der Waals surface area (Å²) in [6.45, 7) is 0. The molecular formula is C7H7NO2. The third-order valence-corrected chi connectivity index (χ3v) is 1.13. The van der Waals surface area contributed by atoms with Gasteiger partial charge in [0, 0.05) is 6.20 Å². The molecule has 3 nitrogen and oxygen atoms in total. The van der Waals surface area contributed by atoms with Crippen LogP contribution in [0.4, 0.5) is 0 Å². The smallest absolute Gasteiger partial charge is 0.172 e. The minimum atomic E-state index is 0.338. The highest BCUT2D eigenvalue weighted by Crippen LogP contribution is 2.10. The van der Waals surface area contributed by atoms with Crippen LogP contribution in [0.3, 0.4) is 0 Å². The van der Waals surface area contributed by atoms with Gasteiger partial charge in [-0.2, -0.15) is 0 Å². The fraction of sp³-hybridized carbons (Fsp3) is 0.143. The van der Waals surface area contributed by atoms with Crippen LogP contribution >= 0.6 is 0 Å². The Morgan fingerprint density at radius 2 is 2.50 bits per heavy atom. The Hall–Kier alpha value is -1.38. The fourth-order valence-electron chi connectivity index (χ4n) is 0.664. The predicted octanol–water partition coefficient (Wildman–Crippen LogP) is 0.903. The molecule has 0 atom stereocenters. The maximum atomic E-state index is 10.2. The molecule has 0 amide bonds. The molecule has 3 heteroatoms. The second kappa shape index (κ2) is 2.96. The van der Waals surface area contributed by atoms with E-state index in [9.17, 15) is 4.79 Å². The van der Waals surface area contributed by atoms with E-state index in [2.05, 4.69) is 4.98 Å². The highest BCUT2D eigenvalue weighted by atomic mass is 16.5. The number of aldehydes is 1. The van der Waals surface area contributed by atoms with Crippen molar-refractivity contribution >= 4 is 6.29 Å². The quantitative estimate of drug-likeness (QED) is 0.568. The van der Waals surface area contributed by atoms with Crippen LogP contribution < -0.4 is 4.74 Å². The molecule has 0 radical (unpaired) electrons. The summed E-state index contributed by atoms with van der Waals surface area (Å²) in [5.74, 6) is 0.512. The van der Waals surface area contributed by atoms with Crippen molar-refractivity contribution in [3.05, 3.63) is 24.0 Å². The molecule has 52 valence electrons. The predicted molar refractivity (Wildman–Crippen MR) is 36.2 cm³/mol. The number of hydrogen-bond donors (Lipinski definition) is 0. The fourth-order valence-corrected chi connectivity index (χ4v) is 0.664. The molecule has 0 saturated heterocycles. The maximum absolute atomic E-state index is 10.2. The number of carbonyl (C=O) groups excluding carboxylic acids is 1. The van der Waals surface area contributed by atoms with Crippen LogP contribution in [0.25, 0.3) is 0 Å². The lowest BCUT2D eigenvalue weighted by atomic mass is 10.3. The van der Waals surface area contributed by atoms with Crippen molar-refractivity contribution in [2.24, 2.45) is 0 Å². The van der Waals surface area contributed by atoms with Gasteiger partial charge in [-0.25, -0.2) is 4.98 Å². The van der Waals surface area contributed by atoms with E-state index in [1.807, 2.05) is 0 Å². The van der Waals surface area contributed by atoms with E-state index >= 15 is 0 Å². The van der Waals surface area contributed by atoms with Crippen LogP contribution in [0, 0.1) is 0 Å². The van der Waals surface area contributed by atoms with Crippen molar-refractivity contribution in [3.63, 3.8) is 0 Å². The SMILES string of the molecule is COc1cccnc1C=O. The Morgan fingerprint density at radius 1 is 1.70 bits per heavy atom. The summed E-state index contributed by atoms with van der Waals surface area (Å²) in [5.41, 5.74) is 0.338. The molecule has 0 fully saturated rings. The molecule has 1 rings (SSSR count). The molecule has 1 aromatic heterocycles. The Kier molecular flexibility index (Phi) is 1.99. The number of ether oxygens (including phenoxy) is 1. The first-order valence-electron chi connectivity index (χ1n) is 2.82. The number of rotatable bonds is 2. The van der Waals surface area contributed by atoms with Crippen molar-refractivity contribution < 1.29 is 9.53 Å². The lowest BCUT2D eigenvalue weighted by Gasteiger charge is -1.98. The van der Waals surface area contributed by atoms with E-state index in [0.717, 1.165) is 0 Å². The van der Waals surface area contributed by atoms with E-state index in [4.69, 9.17) is 4.74 Å². The van der Waals surface area contributed by atoms with Gasteiger partial charge in [-0.3, -0.25) is 4.79 Å². The topological polar surface area (TPSA) is 39.2 Å². The van der Waals surface area contributed by atoms with Crippen molar-refractivity contribution in [1.29, 1.82) is 0 Å². The van der Waals surface area contributed by atoms with Crippen molar-refractivity contribution in [3.8, 4) is 5.75 Å². The molecule has 0 aliphatic heterocycles. The van der Waals surface area contributed by atoms with Crippen LogP contribution in [0.1, 0.15) is 10.5 Å². The van der Waals surface area contributed by atoms with Crippen molar-refractivity contribution in [2.45, 2.75) is 0 Å². The van der Waals surface area contributed by atoms with Gasteiger partial charge in [0.05, 0.1) is 7.11 Å². The van der Waals surface area contributed by atoms with E-state index in [0.29, 0.717) is 17.7 Å². The van der Waals surface area contributed by atoms with Crippen molar-refractivity contribution in [1.82, 2.24) is 4.98 Å². The van der Waals surface area contributed by atoms with Crippen LogP contribution in [0.2, 0.25) is 0 Å². The van der Waals surface area contributed by atoms with Gasteiger partial charge in [-0.1, -0.05) is 0 Å². The molecule has 0 N–H and O–H groups in total. The molecule has 0 aliphatic rings. The normalized spacial score (nSPS) is 8.90. The zero-order chi connectivity index (χ0) is 7.40. The summed E-state index contributed by atoms with van der Waals surface area (Å²) in [6.07, 6.45) is 2.21. The van der Waals surface area contributed by atoms with Crippen LogP contribution in [0.5, 0.6) is 5.75 Å². The number of carbonyl (C=O) groups is 1. The summed E-state index contributed by atoms with van der Waals surface area (Å²) in [7, 11) is 1.50. The highest BCUT2D eigenvalue weighted by Gasteiger charge is 1.98. The molecule has 1 heterocycles. The summed E-state index contributed by atoms with van der Waals surface area (Å²) in [4.78, 5) is 14.0. The molecule has 1 aromatic rings. The molecule has 0 saturated carbocycles. The van der Waals surface area contributed by atoms with Gasteiger partial charge in [-0.15, -0.1) is 0 Å². The van der Waals surface area contributed by atoms with E-state index in [1.165, 1.54) is 7.11 Å². The van der Waals surface area contributed by atoms with Gasteiger partial charge in [0.1, 0.15) is 11.4 Å². The third kappa shape index (κ3) is 1.13. The average molecular weight is 137 g/mol. The van der Waals surface area contributed by atoms with Crippen LogP contribution in [-0.4, -0.2) is 18.4 Å². The average Bonchev–Trinajstić information content (AvgIpc) is 2.04. The van der Waals surface area contributed by atoms with E-state index < -0.39 is 0 Å². The molecule has 10 heavy (non-hydrogen) atoms. The second-order valence-electron chi connectivity index (χ2n) is 1.71. The lowest BCUT2D eigenvalue weighted by Crippen LogP contribution is -1.91. The first-order valence-corrected chi connectivity index (χ1v) is 2.82. The van der Waals surface area contributed by atoms with E-state index in [-0.39, 0.29) is 0 Å². The number of nitrogens with zero attached hydrogens (tertiary/aromatic N) is 1. The Labute approximate surface area is 58.7 Å². The molecule has 0 aliphatic carbocycles. The van der Waals surface area contributed by atoms with Gasteiger partial charge in [0.25, 0.3) is 0 Å². The van der Waals surface area contributed by atoms with Gasteiger partial charge in [0.15, 0.2) is 6.29 Å². The maximum Gasteiger partial charge on any atom is 0.172 e. The summed E-state index contributed by atoms with van der Waals surface area (Å²) >= 11 is 0. The van der Waals surface area contributed by atoms with Crippen LogP contribution in [0.15, 0.2) is 18.3 Å². The first-order chi connectivity index (χ1) is 4.88. The minimum absolute atomic E-state index is 0.338. The standard InChI is InChI=1S/C7H7NO2/c1-10-7-3-2-4-8-6(7)5-9/h2-5H,1H3. The summed E-state index contributed by atoms with van der Waals surface area (Å²) in [6, 6.07) is 3.41. The lowest BCUT2D eigenvalue weighted by molar-refractivity contribution is 0.111. The largest absolute Gasteiger partial charge is 0.494 e. The van der Waals surface area contributed by atoms with E-state index in [1.54, 1.807) is 18.3 Å². The third-order valence-electron chi connectivity index (χ3n) is 1.13. The molecule has 0 spiro atoms. The first kappa shape index (κ1) is 6.74. The minimum Gasteiger partial charge on any atom is -0.494 e.